The number of aliphatic hydroxyl groups excluding tert-OH is 2. The van der Waals surface area contributed by atoms with E-state index in [1.54, 1.807) is 4.90 Å². The van der Waals surface area contributed by atoms with Gasteiger partial charge in [0.25, 0.3) is 5.91 Å². The van der Waals surface area contributed by atoms with Crippen LogP contribution in [0, 0.1) is 0 Å². The Morgan fingerprint density at radius 1 is 0.971 bits per heavy atom. The summed E-state index contributed by atoms with van der Waals surface area (Å²) in [5.41, 5.74) is 6.68. The average Bonchev–Trinajstić information content (AvgIpc) is 2.87. The first-order chi connectivity index (χ1) is 16.6. The van der Waals surface area contributed by atoms with E-state index in [-0.39, 0.29) is 18.3 Å². The molecule has 0 saturated carbocycles. The molecule has 2 unspecified atom stereocenters. The van der Waals surface area contributed by atoms with E-state index in [1.807, 2.05) is 68.4 Å². The summed E-state index contributed by atoms with van der Waals surface area (Å²) in [5, 5.41) is 19.2. The van der Waals surface area contributed by atoms with Gasteiger partial charge in [-0.1, -0.05) is 56.3 Å². The first kappa shape index (κ1) is 27.7. The highest BCUT2D eigenvalue weighted by atomic mass is 19.4. The van der Waals surface area contributed by atoms with Gasteiger partial charge in [0.15, 0.2) is 5.69 Å². The first-order valence-electron chi connectivity index (χ1n) is 11.1. The second kappa shape index (κ2) is 12.8. The maximum Gasteiger partial charge on any atom is 0.434 e. The van der Waals surface area contributed by atoms with Crippen molar-refractivity contribution in [3.8, 4) is 11.1 Å². The summed E-state index contributed by atoms with van der Waals surface area (Å²) >= 11 is 0. The molecular weight excluding hydrogens is 461 g/mol. The molecule has 4 rings (SSSR count). The van der Waals surface area contributed by atoms with Crippen LogP contribution in [-0.2, 0) is 6.18 Å². The standard InChI is InChI=1S/C18H19NO3.C5H4F3N3.C2H6/c20-16-10-11-19(12-17(16)21)18(22)15-8-6-14(7-9-15)13-4-2-1-3-5-13;6-5(7,8)3-1-10-2-4(9)11-3;1-2/h1-9,16-17,20-21H,10-12H2;1-2H,(H2,9,11);1-2H3. The molecule has 1 aliphatic heterocycles. The zero-order valence-corrected chi connectivity index (χ0v) is 19.5. The van der Waals surface area contributed by atoms with Gasteiger partial charge in [0.2, 0.25) is 0 Å². The molecule has 4 N–H and O–H groups in total. The number of β-amino-alcohol motifs (C(OH)–C–C–N with tert-alkyl or cyclic N) is 1. The van der Waals surface area contributed by atoms with Gasteiger partial charge in [-0.2, -0.15) is 13.2 Å². The zero-order valence-electron chi connectivity index (χ0n) is 19.5. The highest BCUT2D eigenvalue weighted by Crippen LogP contribution is 2.27. The van der Waals surface area contributed by atoms with Gasteiger partial charge in [-0.15, -0.1) is 0 Å². The molecule has 2 aromatic carbocycles. The van der Waals surface area contributed by atoms with E-state index in [9.17, 15) is 28.2 Å². The van der Waals surface area contributed by atoms with Crippen molar-refractivity contribution >= 4 is 11.7 Å². The van der Waals surface area contributed by atoms with Crippen LogP contribution in [-0.4, -0.2) is 56.3 Å². The van der Waals surface area contributed by atoms with E-state index in [0.29, 0.717) is 24.7 Å². The van der Waals surface area contributed by atoms with Gasteiger partial charge in [-0.3, -0.25) is 9.78 Å². The molecule has 1 saturated heterocycles. The number of benzene rings is 2. The van der Waals surface area contributed by atoms with Crippen LogP contribution >= 0.6 is 0 Å². The van der Waals surface area contributed by atoms with Crippen LogP contribution in [0.25, 0.3) is 11.1 Å². The van der Waals surface area contributed by atoms with Crippen LogP contribution in [0.15, 0.2) is 67.0 Å². The third kappa shape index (κ3) is 8.04. The number of amides is 1. The minimum absolute atomic E-state index is 0.106. The molecule has 0 spiro atoms. The van der Waals surface area contributed by atoms with E-state index in [4.69, 9.17) is 5.73 Å². The summed E-state index contributed by atoms with van der Waals surface area (Å²) in [6, 6.07) is 17.5. The molecule has 0 bridgehead atoms. The SMILES string of the molecule is CC.Nc1cncc(C(F)(F)F)n1.O=C(c1ccc(-c2ccccc2)cc1)N1CCC(O)C(O)C1. The van der Waals surface area contributed by atoms with E-state index < -0.39 is 24.1 Å². The van der Waals surface area contributed by atoms with Crippen molar-refractivity contribution in [1.29, 1.82) is 0 Å². The molecule has 0 aliphatic carbocycles. The van der Waals surface area contributed by atoms with Crippen molar-refractivity contribution in [1.82, 2.24) is 14.9 Å². The number of nitrogens with zero attached hydrogens (tertiary/aromatic N) is 3. The van der Waals surface area contributed by atoms with E-state index in [1.165, 1.54) is 0 Å². The maximum atomic E-state index is 12.4. The summed E-state index contributed by atoms with van der Waals surface area (Å²) < 4.78 is 35.4. The zero-order chi connectivity index (χ0) is 26.0. The number of aromatic nitrogens is 2. The Bertz CT molecular complexity index is 1060. The number of alkyl halides is 3. The number of carbonyl (C=O) groups excluding carboxylic acids is 1. The normalized spacial score (nSPS) is 17.4. The highest BCUT2D eigenvalue weighted by molar-refractivity contribution is 5.94. The number of rotatable bonds is 2. The molecule has 10 heteroatoms. The van der Waals surface area contributed by atoms with Crippen LogP contribution < -0.4 is 5.73 Å². The molecule has 35 heavy (non-hydrogen) atoms. The second-order valence-corrected chi connectivity index (χ2v) is 7.44. The molecule has 7 nitrogen and oxygen atoms in total. The van der Waals surface area contributed by atoms with E-state index in [0.717, 1.165) is 17.3 Å². The van der Waals surface area contributed by atoms with Crippen LogP contribution in [0.5, 0.6) is 0 Å². The third-order valence-corrected chi connectivity index (χ3v) is 5.02. The number of hydrogen-bond acceptors (Lipinski definition) is 6. The predicted octanol–water partition coefficient (Wildman–Crippen LogP) is 4.03. The fraction of sp³-hybridized carbons (Fsp3) is 0.320. The minimum Gasteiger partial charge on any atom is -0.390 e. The quantitative estimate of drug-likeness (QED) is 0.500. The van der Waals surface area contributed by atoms with Gasteiger partial charge in [0.05, 0.1) is 24.6 Å². The molecule has 1 aliphatic rings. The summed E-state index contributed by atoms with van der Waals surface area (Å²) in [7, 11) is 0. The number of nitrogens with two attached hydrogens (primary N) is 1. The van der Waals surface area contributed by atoms with Crippen molar-refractivity contribution in [3.05, 3.63) is 78.2 Å². The summed E-state index contributed by atoms with van der Waals surface area (Å²) in [5.74, 6) is -0.342. The Kier molecular flexibility index (Phi) is 10.2. The lowest BCUT2D eigenvalue weighted by Crippen LogP contribution is -2.48. The number of likely N-dealkylation sites (tertiary alicyclic amines) is 1. The number of piperidine rings is 1. The largest absolute Gasteiger partial charge is 0.434 e. The number of anilines is 1. The molecule has 1 amide bonds. The van der Waals surface area contributed by atoms with E-state index >= 15 is 0 Å². The minimum atomic E-state index is -4.47. The molecule has 1 fully saturated rings. The van der Waals surface area contributed by atoms with Crippen LogP contribution in [0.3, 0.4) is 0 Å². The van der Waals surface area contributed by atoms with Gasteiger partial charge in [-0.05, 0) is 29.7 Å². The molecule has 2 atom stereocenters. The number of nitrogen functional groups attached to an aromatic ring is 1. The molecule has 2 heterocycles. The summed E-state index contributed by atoms with van der Waals surface area (Å²) in [6.07, 6.45) is -3.98. The van der Waals surface area contributed by atoms with Crippen LogP contribution in [0.1, 0.15) is 36.3 Å². The molecule has 0 radical (unpaired) electrons. The van der Waals surface area contributed by atoms with Gasteiger partial charge in [0, 0.05) is 18.7 Å². The second-order valence-electron chi connectivity index (χ2n) is 7.44. The lowest BCUT2D eigenvalue weighted by atomic mass is 10.0. The van der Waals surface area contributed by atoms with Crippen LogP contribution in [0.4, 0.5) is 19.0 Å². The topological polar surface area (TPSA) is 113 Å². The molecule has 188 valence electrons. The Morgan fingerprint density at radius 3 is 2.09 bits per heavy atom. The van der Waals surface area contributed by atoms with Gasteiger partial charge in [-0.25, -0.2) is 4.98 Å². The Labute approximate surface area is 202 Å². The average molecular weight is 491 g/mol. The summed E-state index contributed by atoms with van der Waals surface area (Å²) in [6.45, 7) is 4.65. The lowest BCUT2D eigenvalue weighted by Gasteiger charge is -2.33. The van der Waals surface area contributed by atoms with Crippen molar-refractivity contribution in [2.24, 2.45) is 0 Å². The summed E-state index contributed by atoms with van der Waals surface area (Å²) in [4.78, 5) is 20.3. The van der Waals surface area contributed by atoms with Gasteiger partial charge < -0.3 is 20.8 Å². The smallest absolute Gasteiger partial charge is 0.390 e. The number of hydrogen-bond donors (Lipinski definition) is 3. The Hall–Kier alpha value is -3.50. The Balaban J connectivity index is 0.000000280. The molecule has 1 aromatic heterocycles. The molecule has 3 aromatic rings. The first-order valence-corrected chi connectivity index (χ1v) is 11.1. The Morgan fingerprint density at radius 2 is 1.57 bits per heavy atom. The fourth-order valence-electron chi connectivity index (χ4n) is 3.24. The number of aliphatic hydroxyl groups is 2. The fourth-order valence-corrected chi connectivity index (χ4v) is 3.24. The lowest BCUT2D eigenvalue weighted by molar-refractivity contribution is -0.141. The monoisotopic (exact) mass is 490 g/mol. The van der Waals surface area contributed by atoms with Crippen LogP contribution in [0.2, 0.25) is 0 Å². The van der Waals surface area contributed by atoms with Crippen molar-refractivity contribution in [2.75, 3.05) is 18.8 Å². The predicted molar refractivity (Wildman–Crippen MR) is 127 cm³/mol. The van der Waals surface area contributed by atoms with Crippen molar-refractivity contribution < 1.29 is 28.2 Å². The third-order valence-electron chi connectivity index (χ3n) is 5.02. The van der Waals surface area contributed by atoms with Crippen molar-refractivity contribution in [3.63, 3.8) is 0 Å². The molecular formula is C25H29F3N4O3. The van der Waals surface area contributed by atoms with Gasteiger partial charge >= 0.3 is 6.18 Å². The maximum absolute atomic E-state index is 12.4. The van der Waals surface area contributed by atoms with E-state index in [2.05, 4.69) is 9.97 Å². The van der Waals surface area contributed by atoms with Gasteiger partial charge in [0.1, 0.15) is 5.82 Å². The number of carbonyl (C=O) groups is 1. The highest BCUT2D eigenvalue weighted by Gasteiger charge is 2.33. The van der Waals surface area contributed by atoms with Crippen molar-refractivity contribution in [2.45, 2.75) is 38.7 Å². The number of halogens is 3.